The number of imidazole rings is 1. The number of rotatable bonds is 3. The van der Waals surface area contributed by atoms with Gasteiger partial charge < -0.3 is 15.0 Å². The highest BCUT2D eigenvalue weighted by Gasteiger charge is 2.07. The zero-order valence-electron chi connectivity index (χ0n) is 10.8. The molecule has 1 aromatic carbocycles. The number of fused-ring (bicyclic) bond motifs is 1. The van der Waals surface area contributed by atoms with E-state index in [1.54, 1.807) is 18.3 Å². The summed E-state index contributed by atoms with van der Waals surface area (Å²) in [5, 5.41) is 15.1. The molecule has 0 aliphatic rings. The molecule has 0 unspecified atom stereocenters. The van der Waals surface area contributed by atoms with Gasteiger partial charge in [0, 0.05) is 25.1 Å². The largest absolute Gasteiger partial charge is 0.372 e. The first-order valence-electron chi connectivity index (χ1n) is 6.09. The van der Waals surface area contributed by atoms with E-state index < -0.39 is 0 Å². The number of benzene rings is 1. The molecular formula is C14H12N6. The fraction of sp³-hybridized carbons (Fsp3) is 0.0714. The van der Waals surface area contributed by atoms with Crippen LogP contribution in [0.1, 0.15) is 5.56 Å². The highest BCUT2D eigenvalue weighted by Crippen LogP contribution is 2.21. The summed E-state index contributed by atoms with van der Waals surface area (Å²) in [5.41, 5.74) is 2.13. The van der Waals surface area contributed by atoms with E-state index >= 15 is 0 Å². The van der Waals surface area contributed by atoms with Crippen LogP contribution in [-0.2, 0) is 0 Å². The molecule has 20 heavy (non-hydrogen) atoms. The summed E-state index contributed by atoms with van der Waals surface area (Å²) in [7, 11) is 1.81. The minimum absolute atomic E-state index is 0.596. The highest BCUT2D eigenvalue weighted by molar-refractivity contribution is 5.72. The van der Waals surface area contributed by atoms with Gasteiger partial charge in [-0.3, -0.25) is 0 Å². The van der Waals surface area contributed by atoms with Crippen molar-refractivity contribution in [2.45, 2.75) is 0 Å². The number of aromatic nitrogens is 3. The quantitative estimate of drug-likeness (QED) is 0.759. The van der Waals surface area contributed by atoms with E-state index in [-0.39, 0.29) is 0 Å². The fourth-order valence-electron chi connectivity index (χ4n) is 1.94. The van der Waals surface area contributed by atoms with Gasteiger partial charge in [-0.25, -0.2) is 9.97 Å². The molecule has 0 saturated carbocycles. The Bertz CT molecular complexity index is 799. The van der Waals surface area contributed by atoms with Crippen molar-refractivity contribution in [3.63, 3.8) is 0 Å². The van der Waals surface area contributed by atoms with Crippen LogP contribution in [0.15, 0.2) is 42.9 Å². The smallest absolute Gasteiger partial charge is 0.180 e. The summed E-state index contributed by atoms with van der Waals surface area (Å²) in [6.07, 6.45) is 5.43. The normalized spacial score (nSPS) is 10.2. The van der Waals surface area contributed by atoms with Crippen molar-refractivity contribution in [2.75, 3.05) is 17.7 Å². The Hall–Kier alpha value is -3.07. The predicted octanol–water partition coefficient (Wildman–Crippen LogP) is 2.39. The molecule has 0 amide bonds. The van der Waals surface area contributed by atoms with Gasteiger partial charge in [0.25, 0.3) is 0 Å². The van der Waals surface area contributed by atoms with E-state index in [2.05, 4.69) is 26.7 Å². The van der Waals surface area contributed by atoms with E-state index in [1.165, 1.54) is 0 Å². The number of anilines is 3. The molecule has 6 nitrogen and oxygen atoms in total. The van der Waals surface area contributed by atoms with Gasteiger partial charge in [-0.05, 0) is 18.2 Å². The first-order chi connectivity index (χ1) is 9.80. The molecule has 98 valence electrons. The van der Waals surface area contributed by atoms with Crippen LogP contribution in [0.4, 0.5) is 17.3 Å². The van der Waals surface area contributed by atoms with Crippen LogP contribution in [-0.4, -0.2) is 21.4 Å². The van der Waals surface area contributed by atoms with E-state index in [4.69, 9.17) is 5.26 Å². The van der Waals surface area contributed by atoms with Crippen molar-refractivity contribution in [2.24, 2.45) is 0 Å². The van der Waals surface area contributed by atoms with Crippen LogP contribution in [0, 0.1) is 11.3 Å². The van der Waals surface area contributed by atoms with E-state index in [1.807, 2.05) is 36.0 Å². The zero-order chi connectivity index (χ0) is 13.9. The lowest BCUT2D eigenvalue weighted by atomic mass is 10.2. The Morgan fingerprint density at radius 1 is 1.35 bits per heavy atom. The molecule has 0 aliphatic heterocycles. The first-order valence-corrected chi connectivity index (χ1v) is 6.09. The Morgan fingerprint density at radius 3 is 3.05 bits per heavy atom. The van der Waals surface area contributed by atoms with Gasteiger partial charge in [0.05, 0.1) is 17.8 Å². The van der Waals surface area contributed by atoms with E-state index in [0.29, 0.717) is 11.4 Å². The summed E-state index contributed by atoms with van der Waals surface area (Å²) in [6, 6.07) is 9.35. The minimum atomic E-state index is 0.596. The van der Waals surface area contributed by atoms with Crippen molar-refractivity contribution in [3.8, 4) is 6.07 Å². The summed E-state index contributed by atoms with van der Waals surface area (Å²) in [6.45, 7) is 0. The maximum atomic E-state index is 8.93. The number of nitriles is 1. The van der Waals surface area contributed by atoms with Crippen molar-refractivity contribution >= 4 is 23.0 Å². The van der Waals surface area contributed by atoms with Gasteiger partial charge in [0.2, 0.25) is 0 Å². The summed E-state index contributed by atoms with van der Waals surface area (Å²) < 4.78 is 1.88. The Balaban J connectivity index is 2.05. The molecule has 0 radical (unpaired) electrons. The lowest BCUT2D eigenvalue weighted by molar-refractivity contribution is 1.12. The van der Waals surface area contributed by atoms with Crippen LogP contribution in [0.25, 0.3) is 5.65 Å². The molecule has 6 heteroatoms. The van der Waals surface area contributed by atoms with Crippen molar-refractivity contribution < 1.29 is 0 Å². The highest BCUT2D eigenvalue weighted by atomic mass is 15.1. The average Bonchev–Trinajstić information content (AvgIpc) is 2.96. The first kappa shape index (κ1) is 12.0. The Morgan fingerprint density at radius 2 is 2.25 bits per heavy atom. The molecule has 2 N–H and O–H groups in total. The molecule has 0 atom stereocenters. The number of hydrogen-bond donors (Lipinski definition) is 2. The molecular weight excluding hydrogens is 252 g/mol. The second-order valence-corrected chi connectivity index (χ2v) is 4.20. The summed E-state index contributed by atoms with van der Waals surface area (Å²) in [5.74, 6) is 1.37. The van der Waals surface area contributed by atoms with Gasteiger partial charge in [-0.1, -0.05) is 6.07 Å². The van der Waals surface area contributed by atoms with Crippen LogP contribution in [0.2, 0.25) is 0 Å². The number of hydrogen-bond acceptors (Lipinski definition) is 5. The van der Waals surface area contributed by atoms with Crippen LogP contribution in [0.3, 0.4) is 0 Å². The molecule has 3 rings (SSSR count). The standard InChI is InChI=1S/C14H12N6/c1-16-12-9-20-6-5-17-14(20)13(19-12)18-11-4-2-3-10(7-11)8-15/h2-7,9,16H,1H3,(H,18,19). The molecule has 0 saturated heterocycles. The number of nitrogens with one attached hydrogen (secondary N) is 2. The SMILES string of the molecule is CNc1cn2ccnc2c(Nc2cccc(C#N)c2)n1. The Labute approximate surface area is 115 Å². The molecule has 3 aromatic rings. The Kier molecular flexibility index (Phi) is 2.94. The zero-order valence-corrected chi connectivity index (χ0v) is 10.8. The fourth-order valence-corrected chi connectivity index (χ4v) is 1.94. The van der Waals surface area contributed by atoms with Gasteiger partial charge in [0.15, 0.2) is 11.5 Å². The van der Waals surface area contributed by atoms with Crippen molar-refractivity contribution in [1.29, 1.82) is 5.26 Å². The minimum Gasteiger partial charge on any atom is -0.372 e. The molecule has 0 aliphatic carbocycles. The van der Waals surface area contributed by atoms with Crippen molar-refractivity contribution in [3.05, 3.63) is 48.4 Å². The lowest BCUT2D eigenvalue weighted by Crippen LogP contribution is -2.02. The summed E-state index contributed by atoms with van der Waals surface area (Å²) in [4.78, 5) is 8.73. The third kappa shape index (κ3) is 2.12. The van der Waals surface area contributed by atoms with Crippen molar-refractivity contribution in [1.82, 2.24) is 14.4 Å². The van der Waals surface area contributed by atoms with Crippen LogP contribution < -0.4 is 10.6 Å². The molecule has 0 bridgehead atoms. The second-order valence-electron chi connectivity index (χ2n) is 4.20. The van der Waals surface area contributed by atoms with Crippen LogP contribution >= 0.6 is 0 Å². The van der Waals surface area contributed by atoms with Gasteiger partial charge in [0.1, 0.15) is 5.82 Å². The third-order valence-electron chi connectivity index (χ3n) is 2.88. The molecule has 0 spiro atoms. The maximum absolute atomic E-state index is 8.93. The van der Waals surface area contributed by atoms with Crippen LogP contribution in [0.5, 0.6) is 0 Å². The predicted molar refractivity (Wildman–Crippen MR) is 77.0 cm³/mol. The monoisotopic (exact) mass is 264 g/mol. The third-order valence-corrected chi connectivity index (χ3v) is 2.88. The maximum Gasteiger partial charge on any atom is 0.180 e. The van der Waals surface area contributed by atoms with Gasteiger partial charge >= 0.3 is 0 Å². The van der Waals surface area contributed by atoms with E-state index in [9.17, 15) is 0 Å². The number of nitrogens with zero attached hydrogens (tertiary/aromatic N) is 4. The van der Waals surface area contributed by atoms with E-state index in [0.717, 1.165) is 17.2 Å². The average molecular weight is 264 g/mol. The second kappa shape index (κ2) is 4.90. The van der Waals surface area contributed by atoms with Gasteiger partial charge in [-0.15, -0.1) is 0 Å². The van der Waals surface area contributed by atoms with Gasteiger partial charge in [-0.2, -0.15) is 5.26 Å². The molecule has 2 heterocycles. The summed E-state index contributed by atoms with van der Waals surface area (Å²) >= 11 is 0. The lowest BCUT2D eigenvalue weighted by Gasteiger charge is -2.09. The molecule has 2 aromatic heterocycles. The topological polar surface area (TPSA) is 78.0 Å². The molecule has 0 fully saturated rings.